The van der Waals surface area contributed by atoms with Gasteiger partial charge in [0.2, 0.25) is 0 Å². The van der Waals surface area contributed by atoms with Gasteiger partial charge in [0, 0.05) is 5.39 Å². The summed E-state index contributed by atoms with van der Waals surface area (Å²) >= 11 is 0. The van der Waals surface area contributed by atoms with E-state index in [9.17, 15) is 4.57 Å². The molecule has 0 heterocycles. The molecule has 0 saturated carbocycles. The molecule has 3 heteroatoms. The van der Waals surface area contributed by atoms with Crippen LogP contribution in [0.15, 0.2) is 54.6 Å². The zero-order valence-corrected chi connectivity index (χ0v) is 10.0. The summed E-state index contributed by atoms with van der Waals surface area (Å²) in [5.41, 5.74) is 0. The number of benzene rings is 3. The van der Waals surface area contributed by atoms with Crippen molar-refractivity contribution in [3.8, 4) is 5.75 Å². The maximum atomic E-state index is 10.6. The summed E-state index contributed by atoms with van der Waals surface area (Å²) < 4.78 is 15.8. The first kappa shape index (κ1) is 10.2. The standard InChI is InChI=1S/C14H10O2P/c15-17-16-14-7-3-6-12-8-10-4-1-2-5-11(10)9-13(12)14/h1-9,17H/q+1. The maximum absolute atomic E-state index is 10.6. The van der Waals surface area contributed by atoms with E-state index < -0.39 is 8.69 Å². The summed E-state index contributed by atoms with van der Waals surface area (Å²) in [4.78, 5) is 0. The summed E-state index contributed by atoms with van der Waals surface area (Å²) in [7, 11) is -0.775. The van der Waals surface area contributed by atoms with Gasteiger partial charge in [-0.25, -0.2) is 0 Å². The fourth-order valence-corrected chi connectivity index (χ4v) is 2.34. The zero-order chi connectivity index (χ0) is 11.7. The number of rotatable bonds is 2. The monoisotopic (exact) mass is 241 g/mol. The van der Waals surface area contributed by atoms with E-state index in [2.05, 4.69) is 24.3 Å². The number of fused-ring (bicyclic) bond motifs is 2. The van der Waals surface area contributed by atoms with Crippen LogP contribution < -0.4 is 4.52 Å². The molecule has 0 bridgehead atoms. The van der Waals surface area contributed by atoms with Crippen LogP contribution in [0.2, 0.25) is 0 Å². The van der Waals surface area contributed by atoms with Gasteiger partial charge in [-0.15, -0.1) is 0 Å². The lowest BCUT2D eigenvalue weighted by molar-refractivity contribution is 0.528. The first-order valence-corrected chi connectivity index (χ1v) is 6.15. The SMILES string of the molecule is O=[PH+]Oc1cccc2cc3ccccc3cc12. The fraction of sp³-hybridized carbons (Fsp3) is 0. The molecule has 0 aliphatic carbocycles. The van der Waals surface area contributed by atoms with Crippen molar-refractivity contribution in [1.29, 1.82) is 0 Å². The maximum Gasteiger partial charge on any atom is 0.542 e. The van der Waals surface area contributed by atoms with E-state index in [4.69, 9.17) is 4.52 Å². The van der Waals surface area contributed by atoms with Gasteiger partial charge in [-0.1, -0.05) is 36.4 Å². The van der Waals surface area contributed by atoms with Crippen molar-refractivity contribution in [2.45, 2.75) is 0 Å². The topological polar surface area (TPSA) is 26.3 Å². The highest BCUT2D eigenvalue weighted by Gasteiger charge is 2.06. The third-order valence-electron chi connectivity index (χ3n) is 2.86. The summed E-state index contributed by atoms with van der Waals surface area (Å²) in [6.45, 7) is 0. The average molecular weight is 241 g/mol. The predicted octanol–water partition coefficient (Wildman–Crippen LogP) is 4.31. The minimum absolute atomic E-state index is 0.668. The van der Waals surface area contributed by atoms with Crippen molar-refractivity contribution in [3.05, 3.63) is 54.6 Å². The first-order chi connectivity index (χ1) is 8.38. The second-order valence-electron chi connectivity index (χ2n) is 3.86. The molecule has 0 aliphatic heterocycles. The molecule has 0 saturated heterocycles. The highest BCUT2D eigenvalue weighted by Crippen LogP contribution is 2.31. The van der Waals surface area contributed by atoms with Gasteiger partial charge in [-0.3, -0.25) is 4.52 Å². The van der Waals surface area contributed by atoms with Crippen LogP contribution >= 0.6 is 8.69 Å². The molecule has 0 N–H and O–H groups in total. The van der Waals surface area contributed by atoms with Crippen molar-refractivity contribution in [2.24, 2.45) is 0 Å². The summed E-state index contributed by atoms with van der Waals surface area (Å²) in [5.74, 6) is 0.668. The quantitative estimate of drug-likeness (QED) is 0.493. The van der Waals surface area contributed by atoms with E-state index in [1.165, 1.54) is 5.39 Å². The molecule has 3 aromatic rings. The predicted molar refractivity (Wildman–Crippen MR) is 71.1 cm³/mol. The van der Waals surface area contributed by atoms with Crippen molar-refractivity contribution in [3.63, 3.8) is 0 Å². The third-order valence-corrected chi connectivity index (χ3v) is 3.16. The molecule has 17 heavy (non-hydrogen) atoms. The largest absolute Gasteiger partial charge is 0.542 e. The van der Waals surface area contributed by atoms with E-state index in [1.54, 1.807) is 0 Å². The van der Waals surface area contributed by atoms with Gasteiger partial charge in [0.15, 0.2) is 5.75 Å². The van der Waals surface area contributed by atoms with E-state index in [1.807, 2.05) is 30.3 Å². The summed E-state index contributed by atoms with van der Waals surface area (Å²) in [6.07, 6.45) is 0. The van der Waals surface area contributed by atoms with Crippen molar-refractivity contribution >= 4 is 30.2 Å². The van der Waals surface area contributed by atoms with E-state index in [0.29, 0.717) is 5.75 Å². The van der Waals surface area contributed by atoms with Crippen molar-refractivity contribution in [2.75, 3.05) is 0 Å². The van der Waals surface area contributed by atoms with E-state index in [-0.39, 0.29) is 0 Å². The molecule has 0 aliphatic rings. The molecule has 0 fully saturated rings. The van der Waals surface area contributed by atoms with E-state index >= 15 is 0 Å². The normalized spacial score (nSPS) is 11.1. The van der Waals surface area contributed by atoms with Gasteiger partial charge in [0.25, 0.3) is 0 Å². The molecular formula is C14H10O2P+. The molecule has 0 amide bonds. The lowest BCUT2D eigenvalue weighted by atomic mass is 10.0. The fourth-order valence-electron chi connectivity index (χ4n) is 2.07. The lowest BCUT2D eigenvalue weighted by Gasteiger charge is -2.03. The highest BCUT2D eigenvalue weighted by atomic mass is 31.1. The minimum Gasteiger partial charge on any atom is -0.255 e. The second kappa shape index (κ2) is 4.15. The molecule has 2 nitrogen and oxygen atoms in total. The Morgan fingerprint density at radius 2 is 1.53 bits per heavy atom. The van der Waals surface area contributed by atoms with Gasteiger partial charge in [-0.05, 0) is 38.9 Å². The smallest absolute Gasteiger partial charge is 0.255 e. The number of hydrogen-bond donors (Lipinski definition) is 0. The van der Waals surface area contributed by atoms with Crippen molar-refractivity contribution in [1.82, 2.24) is 0 Å². The van der Waals surface area contributed by atoms with Crippen LogP contribution in [0.25, 0.3) is 21.5 Å². The second-order valence-corrected chi connectivity index (χ2v) is 4.23. The Labute approximate surface area is 100 Å². The Kier molecular flexibility index (Phi) is 2.50. The number of hydrogen-bond acceptors (Lipinski definition) is 2. The van der Waals surface area contributed by atoms with Gasteiger partial charge < -0.3 is 0 Å². The summed E-state index contributed by atoms with van der Waals surface area (Å²) in [6, 6.07) is 18.1. The van der Waals surface area contributed by atoms with Gasteiger partial charge in [0.1, 0.15) is 0 Å². The molecule has 0 radical (unpaired) electrons. The van der Waals surface area contributed by atoms with Gasteiger partial charge >= 0.3 is 8.69 Å². The Hall–Kier alpha value is -1.92. The van der Waals surface area contributed by atoms with Crippen LogP contribution in [0.5, 0.6) is 5.75 Å². The molecule has 3 rings (SSSR count). The average Bonchev–Trinajstić information content (AvgIpc) is 2.37. The molecular weight excluding hydrogens is 231 g/mol. The molecule has 3 aromatic carbocycles. The Balaban J connectivity index is 2.39. The van der Waals surface area contributed by atoms with Crippen LogP contribution in [0, 0.1) is 0 Å². The molecule has 0 spiro atoms. The first-order valence-electron chi connectivity index (χ1n) is 5.34. The summed E-state index contributed by atoms with van der Waals surface area (Å²) in [5, 5.41) is 4.45. The van der Waals surface area contributed by atoms with Crippen LogP contribution in [-0.2, 0) is 4.57 Å². The Morgan fingerprint density at radius 3 is 2.29 bits per heavy atom. The molecule has 1 unspecified atom stereocenters. The van der Waals surface area contributed by atoms with Gasteiger partial charge in [-0.2, -0.15) is 0 Å². The van der Waals surface area contributed by atoms with Crippen LogP contribution in [0.4, 0.5) is 0 Å². The van der Waals surface area contributed by atoms with Crippen molar-refractivity contribution < 1.29 is 9.09 Å². The molecule has 0 aromatic heterocycles. The Morgan fingerprint density at radius 1 is 0.824 bits per heavy atom. The highest BCUT2D eigenvalue weighted by molar-refractivity contribution is 7.17. The van der Waals surface area contributed by atoms with Gasteiger partial charge in [0.05, 0.1) is 0 Å². The molecule has 1 atom stereocenters. The van der Waals surface area contributed by atoms with E-state index in [0.717, 1.165) is 16.2 Å². The van der Waals surface area contributed by atoms with Crippen LogP contribution in [-0.4, -0.2) is 0 Å². The Bertz CT molecular complexity index is 707. The minimum atomic E-state index is -0.775. The van der Waals surface area contributed by atoms with Crippen LogP contribution in [0.1, 0.15) is 0 Å². The third kappa shape index (κ3) is 1.77. The zero-order valence-electron chi connectivity index (χ0n) is 9.01. The lowest BCUT2D eigenvalue weighted by Crippen LogP contribution is -1.80. The van der Waals surface area contributed by atoms with Crippen LogP contribution in [0.3, 0.4) is 0 Å². The molecule has 82 valence electrons.